The molecule has 1 aromatic heterocycles. The van der Waals surface area contributed by atoms with Gasteiger partial charge in [-0.15, -0.1) is 11.8 Å². The molecule has 140 valence electrons. The summed E-state index contributed by atoms with van der Waals surface area (Å²) in [5.74, 6) is 1.08. The molecule has 0 radical (unpaired) electrons. The number of hydrogen-bond donors (Lipinski definition) is 1. The fraction of sp³-hybridized carbons (Fsp3) is 0.476. The van der Waals surface area contributed by atoms with Crippen molar-refractivity contribution in [3.05, 3.63) is 54.0 Å². The molecule has 0 atom stereocenters. The van der Waals surface area contributed by atoms with Gasteiger partial charge in [0.1, 0.15) is 0 Å². The van der Waals surface area contributed by atoms with Crippen molar-refractivity contribution in [3.63, 3.8) is 0 Å². The predicted octanol–water partition coefficient (Wildman–Crippen LogP) is 4.57. The quantitative estimate of drug-likeness (QED) is 0.545. The molecule has 0 spiro atoms. The van der Waals surface area contributed by atoms with Gasteiger partial charge < -0.3 is 14.6 Å². The smallest absolute Gasteiger partial charge is 0.287 e. The summed E-state index contributed by atoms with van der Waals surface area (Å²) >= 11 is 1.71. The number of furan rings is 1. The van der Waals surface area contributed by atoms with E-state index in [4.69, 9.17) is 4.42 Å². The van der Waals surface area contributed by atoms with Crippen LogP contribution in [0.3, 0.4) is 0 Å². The number of likely N-dealkylation sites (tertiary alicyclic amines) is 1. The van der Waals surface area contributed by atoms with E-state index in [-0.39, 0.29) is 5.91 Å². The van der Waals surface area contributed by atoms with Gasteiger partial charge in [-0.25, -0.2) is 0 Å². The molecule has 0 unspecified atom stereocenters. The second kappa shape index (κ2) is 10.4. The highest BCUT2D eigenvalue weighted by molar-refractivity contribution is 7.98. The number of amides is 1. The van der Waals surface area contributed by atoms with Gasteiger partial charge in [0, 0.05) is 22.8 Å². The van der Waals surface area contributed by atoms with E-state index >= 15 is 0 Å². The first kappa shape index (κ1) is 19.1. The molecule has 2 heterocycles. The molecule has 1 aromatic carbocycles. The Bertz CT molecular complexity index is 664. The summed E-state index contributed by atoms with van der Waals surface area (Å²) in [6.07, 6.45) is 7.92. The van der Waals surface area contributed by atoms with Gasteiger partial charge in [0.15, 0.2) is 5.76 Å². The van der Waals surface area contributed by atoms with E-state index in [0.29, 0.717) is 12.3 Å². The molecular formula is C21H28N2O2S. The third-order valence-electron chi connectivity index (χ3n) is 4.73. The summed E-state index contributed by atoms with van der Waals surface area (Å²) in [6.45, 7) is 4.16. The molecule has 1 aliphatic rings. The van der Waals surface area contributed by atoms with Crippen LogP contribution in [0, 0.1) is 0 Å². The van der Waals surface area contributed by atoms with Gasteiger partial charge in [0.05, 0.1) is 6.26 Å². The highest BCUT2D eigenvalue weighted by atomic mass is 32.2. The Morgan fingerprint density at radius 1 is 1.08 bits per heavy atom. The number of carbonyl (C=O) groups excluding carboxylic acids is 1. The minimum atomic E-state index is -0.102. The van der Waals surface area contributed by atoms with Crippen molar-refractivity contribution in [2.24, 2.45) is 0 Å². The molecule has 3 rings (SSSR count). The first-order valence-corrected chi connectivity index (χ1v) is 10.6. The molecule has 1 fully saturated rings. The van der Waals surface area contributed by atoms with Crippen LogP contribution in [0.1, 0.15) is 48.2 Å². The summed E-state index contributed by atoms with van der Waals surface area (Å²) in [7, 11) is 0. The van der Waals surface area contributed by atoms with Crippen LogP contribution in [0.2, 0.25) is 0 Å². The van der Waals surface area contributed by atoms with Crippen molar-refractivity contribution in [2.45, 2.75) is 42.8 Å². The molecule has 4 nitrogen and oxygen atoms in total. The summed E-state index contributed by atoms with van der Waals surface area (Å²) in [6, 6.07) is 12.1. The number of thioether (sulfide) groups is 1. The zero-order chi connectivity index (χ0) is 18.0. The summed E-state index contributed by atoms with van der Waals surface area (Å²) in [5.41, 5.74) is 0.948. The fourth-order valence-electron chi connectivity index (χ4n) is 3.27. The first-order valence-electron chi connectivity index (χ1n) is 9.58. The maximum Gasteiger partial charge on any atom is 0.287 e. The molecule has 0 bridgehead atoms. The molecule has 0 aliphatic carbocycles. The van der Waals surface area contributed by atoms with Crippen molar-refractivity contribution >= 4 is 17.7 Å². The van der Waals surface area contributed by atoms with E-state index in [2.05, 4.69) is 22.3 Å². The van der Waals surface area contributed by atoms with Crippen molar-refractivity contribution in [1.82, 2.24) is 10.2 Å². The number of carbonyl (C=O) groups is 1. The van der Waals surface area contributed by atoms with Crippen LogP contribution in [0.5, 0.6) is 0 Å². The number of nitrogens with one attached hydrogen (secondary N) is 1. The standard InChI is InChI=1S/C21H28N2O2S/c24-21(22-12-8-15-23-13-6-1-2-7-14-23)20-18(11-16-25-20)17-26-19-9-4-3-5-10-19/h3-5,9-11,16H,1-2,6-8,12-15,17H2,(H,22,24). The van der Waals surface area contributed by atoms with Crippen LogP contribution in [-0.4, -0.2) is 37.0 Å². The highest BCUT2D eigenvalue weighted by Crippen LogP contribution is 2.24. The zero-order valence-electron chi connectivity index (χ0n) is 15.3. The van der Waals surface area contributed by atoms with E-state index in [9.17, 15) is 4.79 Å². The lowest BCUT2D eigenvalue weighted by Gasteiger charge is -2.19. The number of rotatable bonds is 8. The fourth-order valence-corrected chi connectivity index (χ4v) is 4.17. The Labute approximate surface area is 160 Å². The molecule has 1 aliphatic heterocycles. The molecule has 1 N–H and O–H groups in total. The Balaban J connectivity index is 1.41. The first-order chi connectivity index (χ1) is 12.8. The maximum absolute atomic E-state index is 12.4. The van der Waals surface area contributed by atoms with E-state index in [1.54, 1.807) is 18.0 Å². The molecule has 26 heavy (non-hydrogen) atoms. The summed E-state index contributed by atoms with van der Waals surface area (Å²) in [5, 5.41) is 3.01. The molecule has 1 saturated heterocycles. The Morgan fingerprint density at radius 3 is 2.62 bits per heavy atom. The van der Waals surface area contributed by atoms with Gasteiger partial charge in [0.25, 0.3) is 5.91 Å². The second-order valence-corrected chi connectivity index (χ2v) is 7.79. The van der Waals surface area contributed by atoms with Crippen molar-refractivity contribution in [1.29, 1.82) is 0 Å². The topological polar surface area (TPSA) is 45.5 Å². The SMILES string of the molecule is O=C(NCCCN1CCCCCC1)c1occc1CSc1ccccc1. The van der Waals surface area contributed by atoms with Crippen LogP contribution in [0.25, 0.3) is 0 Å². The molecular weight excluding hydrogens is 344 g/mol. The maximum atomic E-state index is 12.4. The summed E-state index contributed by atoms with van der Waals surface area (Å²) < 4.78 is 5.44. The molecule has 5 heteroatoms. The van der Waals surface area contributed by atoms with E-state index in [1.165, 1.54) is 43.7 Å². The number of benzene rings is 1. The zero-order valence-corrected chi connectivity index (χ0v) is 16.1. The predicted molar refractivity (Wildman–Crippen MR) is 107 cm³/mol. The van der Waals surface area contributed by atoms with Crippen molar-refractivity contribution in [3.8, 4) is 0 Å². The Morgan fingerprint density at radius 2 is 1.85 bits per heavy atom. The largest absolute Gasteiger partial charge is 0.459 e. The Kier molecular flexibility index (Phi) is 7.65. The minimum Gasteiger partial charge on any atom is -0.459 e. The van der Waals surface area contributed by atoms with Crippen LogP contribution in [0.15, 0.2) is 52.0 Å². The van der Waals surface area contributed by atoms with Crippen molar-refractivity contribution < 1.29 is 9.21 Å². The van der Waals surface area contributed by atoms with Crippen LogP contribution >= 0.6 is 11.8 Å². The van der Waals surface area contributed by atoms with Gasteiger partial charge in [-0.2, -0.15) is 0 Å². The molecule has 1 amide bonds. The molecule has 0 saturated carbocycles. The van der Waals surface area contributed by atoms with Crippen molar-refractivity contribution in [2.75, 3.05) is 26.2 Å². The van der Waals surface area contributed by atoms with E-state index in [1.807, 2.05) is 24.3 Å². The lowest BCUT2D eigenvalue weighted by Crippen LogP contribution is -2.30. The minimum absolute atomic E-state index is 0.102. The second-order valence-electron chi connectivity index (χ2n) is 6.74. The van der Waals surface area contributed by atoms with Crippen LogP contribution < -0.4 is 5.32 Å². The third-order valence-corrected chi connectivity index (χ3v) is 5.79. The van der Waals surface area contributed by atoms with Crippen LogP contribution in [0.4, 0.5) is 0 Å². The summed E-state index contributed by atoms with van der Waals surface area (Å²) in [4.78, 5) is 16.1. The Hall–Kier alpha value is -1.72. The third kappa shape index (κ3) is 5.92. The number of nitrogens with zero attached hydrogens (tertiary/aromatic N) is 1. The van der Waals surface area contributed by atoms with Gasteiger partial charge in [0.2, 0.25) is 0 Å². The lowest BCUT2D eigenvalue weighted by atomic mass is 10.2. The lowest BCUT2D eigenvalue weighted by molar-refractivity contribution is 0.0923. The average molecular weight is 373 g/mol. The van der Waals surface area contributed by atoms with Gasteiger partial charge in [-0.3, -0.25) is 4.79 Å². The monoisotopic (exact) mass is 372 g/mol. The van der Waals surface area contributed by atoms with Crippen LogP contribution in [-0.2, 0) is 5.75 Å². The highest BCUT2D eigenvalue weighted by Gasteiger charge is 2.15. The normalized spacial score (nSPS) is 15.5. The number of hydrogen-bond acceptors (Lipinski definition) is 4. The average Bonchev–Trinajstić information content (AvgIpc) is 2.99. The van der Waals surface area contributed by atoms with E-state index < -0.39 is 0 Å². The van der Waals surface area contributed by atoms with E-state index in [0.717, 1.165) is 24.3 Å². The van der Waals surface area contributed by atoms with Gasteiger partial charge in [-0.1, -0.05) is 31.0 Å². The van der Waals surface area contributed by atoms with Gasteiger partial charge in [-0.05, 0) is 57.1 Å². The molecule has 2 aromatic rings. The van der Waals surface area contributed by atoms with Gasteiger partial charge >= 0.3 is 0 Å².